The van der Waals surface area contributed by atoms with E-state index in [4.69, 9.17) is 9.84 Å². The largest absolute Gasteiger partial charge is 0.481 e. The zero-order chi connectivity index (χ0) is 15.3. The fourth-order valence-corrected chi connectivity index (χ4v) is 3.89. The molecule has 1 saturated carbocycles. The second kappa shape index (κ2) is 7.25. The van der Waals surface area contributed by atoms with Gasteiger partial charge in [0.2, 0.25) is 5.91 Å². The summed E-state index contributed by atoms with van der Waals surface area (Å²) in [4.78, 5) is 23.2. The van der Waals surface area contributed by atoms with Gasteiger partial charge in [0, 0.05) is 25.5 Å². The second-order valence-corrected chi connectivity index (χ2v) is 6.62. The first-order valence-corrected chi connectivity index (χ1v) is 8.15. The number of amides is 1. The lowest BCUT2D eigenvalue weighted by atomic mass is 9.79. The normalized spacial score (nSPS) is 27.7. The van der Waals surface area contributed by atoms with Gasteiger partial charge in [-0.25, -0.2) is 0 Å². The van der Waals surface area contributed by atoms with Crippen molar-refractivity contribution in [2.75, 3.05) is 13.2 Å². The van der Waals surface area contributed by atoms with Crippen LogP contribution in [0.25, 0.3) is 0 Å². The second-order valence-electron chi connectivity index (χ2n) is 6.62. The van der Waals surface area contributed by atoms with E-state index in [1.807, 2.05) is 0 Å². The molecule has 21 heavy (non-hydrogen) atoms. The summed E-state index contributed by atoms with van der Waals surface area (Å²) in [5, 5.41) is 12.1. The van der Waals surface area contributed by atoms with E-state index in [-0.39, 0.29) is 23.8 Å². The summed E-state index contributed by atoms with van der Waals surface area (Å²) >= 11 is 0. The Hall–Kier alpha value is -1.10. The molecule has 0 aromatic rings. The molecule has 0 aromatic heterocycles. The Labute approximate surface area is 126 Å². The van der Waals surface area contributed by atoms with Crippen LogP contribution < -0.4 is 5.32 Å². The van der Waals surface area contributed by atoms with Crippen molar-refractivity contribution in [2.45, 2.75) is 64.4 Å². The number of rotatable bonds is 7. The third kappa shape index (κ3) is 4.43. The molecule has 2 aliphatic rings. The molecule has 1 saturated heterocycles. The number of aliphatic carboxylic acids is 1. The standard InChI is InChI=1S/C16H27NO4/c1-2-13-12(5-8-21-13)11-17-14(18)9-16(10-15(19)20)6-3-4-7-16/h12-13H,2-11H2,1H3,(H,17,18)(H,19,20). The van der Waals surface area contributed by atoms with Crippen LogP contribution in [0, 0.1) is 11.3 Å². The highest BCUT2D eigenvalue weighted by Gasteiger charge is 2.38. The molecule has 5 heteroatoms. The summed E-state index contributed by atoms with van der Waals surface area (Å²) in [6.45, 7) is 3.54. The summed E-state index contributed by atoms with van der Waals surface area (Å²) in [6.07, 6.45) is 6.48. The highest BCUT2D eigenvalue weighted by molar-refractivity contribution is 5.78. The van der Waals surface area contributed by atoms with Crippen molar-refractivity contribution < 1.29 is 19.4 Å². The summed E-state index contributed by atoms with van der Waals surface area (Å²) in [5.74, 6) is -0.391. The van der Waals surface area contributed by atoms with E-state index in [0.29, 0.717) is 18.9 Å². The van der Waals surface area contributed by atoms with E-state index in [2.05, 4.69) is 12.2 Å². The molecule has 2 N–H and O–H groups in total. The monoisotopic (exact) mass is 297 g/mol. The number of hydrogen-bond donors (Lipinski definition) is 2. The fraction of sp³-hybridized carbons (Fsp3) is 0.875. The predicted octanol–water partition coefficient (Wildman–Crippen LogP) is 2.34. The predicted molar refractivity (Wildman–Crippen MR) is 78.9 cm³/mol. The van der Waals surface area contributed by atoms with Gasteiger partial charge in [-0.15, -0.1) is 0 Å². The molecule has 1 aliphatic carbocycles. The SMILES string of the molecule is CCC1OCCC1CNC(=O)CC1(CC(=O)O)CCCC1. The summed E-state index contributed by atoms with van der Waals surface area (Å²) in [6, 6.07) is 0. The Morgan fingerprint density at radius 3 is 2.62 bits per heavy atom. The topological polar surface area (TPSA) is 75.6 Å². The molecule has 1 aliphatic heterocycles. The van der Waals surface area contributed by atoms with Crippen LogP contribution in [0.1, 0.15) is 58.3 Å². The summed E-state index contributed by atoms with van der Waals surface area (Å²) in [7, 11) is 0. The van der Waals surface area contributed by atoms with Gasteiger partial charge < -0.3 is 15.2 Å². The quantitative estimate of drug-likeness (QED) is 0.756. The van der Waals surface area contributed by atoms with Gasteiger partial charge in [-0.3, -0.25) is 9.59 Å². The number of ether oxygens (including phenoxy) is 1. The van der Waals surface area contributed by atoms with E-state index in [1.54, 1.807) is 0 Å². The molecular weight excluding hydrogens is 270 g/mol. The highest BCUT2D eigenvalue weighted by atomic mass is 16.5. The molecule has 0 bridgehead atoms. The summed E-state index contributed by atoms with van der Waals surface area (Å²) in [5.41, 5.74) is -0.313. The van der Waals surface area contributed by atoms with E-state index in [9.17, 15) is 9.59 Å². The summed E-state index contributed by atoms with van der Waals surface area (Å²) < 4.78 is 5.62. The van der Waals surface area contributed by atoms with Gasteiger partial charge in [0.15, 0.2) is 0 Å². The van der Waals surface area contributed by atoms with E-state index in [0.717, 1.165) is 45.1 Å². The van der Waals surface area contributed by atoms with E-state index >= 15 is 0 Å². The Kier molecular flexibility index (Phi) is 5.62. The van der Waals surface area contributed by atoms with Crippen LogP contribution in [0.15, 0.2) is 0 Å². The van der Waals surface area contributed by atoms with Crippen LogP contribution in [-0.2, 0) is 14.3 Å². The molecular formula is C16H27NO4. The van der Waals surface area contributed by atoms with Crippen molar-refractivity contribution in [1.82, 2.24) is 5.32 Å². The minimum atomic E-state index is -0.792. The van der Waals surface area contributed by atoms with Gasteiger partial charge in [0.05, 0.1) is 12.5 Å². The lowest BCUT2D eigenvalue weighted by Crippen LogP contribution is -2.36. The van der Waals surface area contributed by atoms with Crippen molar-refractivity contribution in [3.63, 3.8) is 0 Å². The number of carbonyl (C=O) groups is 2. The third-order valence-electron chi connectivity index (χ3n) is 5.04. The first-order valence-electron chi connectivity index (χ1n) is 8.15. The molecule has 1 heterocycles. The molecule has 0 radical (unpaired) electrons. The first kappa shape index (κ1) is 16.3. The first-order chi connectivity index (χ1) is 10.0. The molecule has 5 nitrogen and oxygen atoms in total. The van der Waals surface area contributed by atoms with Crippen molar-refractivity contribution in [2.24, 2.45) is 11.3 Å². The van der Waals surface area contributed by atoms with Crippen LogP contribution in [0.4, 0.5) is 0 Å². The molecule has 2 unspecified atom stereocenters. The molecule has 0 aromatic carbocycles. The van der Waals surface area contributed by atoms with Crippen LogP contribution in [0.3, 0.4) is 0 Å². The maximum Gasteiger partial charge on any atom is 0.303 e. The van der Waals surface area contributed by atoms with Crippen molar-refractivity contribution in [3.05, 3.63) is 0 Å². The Morgan fingerprint density at radius 2 is 2.00 bits per heavy atom. The van der Waals surface area contributed by atoms with Gasteiger partial charge in [0.25, 0.3) is 0 Å². The van der Waals surface area contributed by atoms with Gasteiger partial charge in [-0.2, -0.15) is 0 Å². The van der Waals surface area contributed by atoms with Gasteiger partial charge in [0.1, 0.15) is 0 Å². The molecule has 2 fully saturated rings. The minimum absolute atomic E-state index is 0.0000898. The van der Waals surface area contributed by atoms with Gasteiger partial charge in [-0.1, -0.05) is 19.8 Å². The molecule has 0 spiro atoms. The molecule has 2 atom stereocenters. The Bertz CT molecular complexity index is 376. The number of carboxylic acid groups (broad SMARTS) is 1. The van der Waals surface area contributed by atoms with Crippen LogP contribution in [0.2, 0.25) is 0 Å². The smallest absolute Gasteiger partial charge is 0.303 e. The van der Waals surface area contributed by atoms with Crippen molar-refractivity contribution in [1.29, 1.82) is 0 Å². The number of nitrogens with one attached hydrogen (secondary N) is 1. The maximum atomic E-state index is 12.2. The van der Waals surface area contributed by atoms with Crippen molar-refractivity contribution in [3.8, 4) is 0 Å². The van der Waals surface area contributed by atoms with Gasteiger partial charge >= 0.3 is 5.97 Å². The average molecular weight is 297 g/mol. The van der Waals surface area contributed by atoms with Gasteiger partial charge in [-0.05, 0) is 31.1 Å². The number of carboxylic acids is 1. The van der Waals surface area contributed by atoms with E-state index in [1.165, 1.54) is 0 Å². The zero-order valence-electron chi connectivity index (χ0n) is 12.9. The molecule has 120 valence electrons. The molecule has 1 amide bonds. The van der Waals surface area contributed by atoms with Crippen LogP contribution >= 0.6 is 0 Å². The number of hydrogen-bond acceptors (Lipinski definition) is 3. The lowest BCUT2D eigenvalue weighted by molar-refractivity contribution is -0.140. The van der Waals surface area contributed by atoms with E-state index < -0.39 is 5.97 Å². The zero-order valence-corrected chi connectivity index (χ0v) is 12.9. The van der Waals surface area contributed by atoms with Crippen molar-refractivity contribution >= 4 is 11.9 Å². The van der Waals surface area contributed by atoms with Crippen LogP contribution in [-0.4, -0.2) is 36.2 Å². The van der Waals surface area contributed by atoms with Crippen LogP contribution in [0.5, 0.6) is 0 Å². The Morgan fingerprint density at radius 1 is 1.29 bits per heavy atom. The fourth-order valence-electron chi connectivity index (χ4n) is 3.89. The number of carbonyl (C=O) groups excluding carboxylic acids is 1. The maximum absolute atomic E-state index is 12.2. The Balaban J connectivity index is 1.81. The lowest BCUT2D eigenvalue weighted by Gasteiger charge is -2.27. The minimum Gasteiger partial charge on any atom is -0.481 e. The molecule has 2 rings (SSSR count). The third-order valence-corrected chi connectivity index (χ3v) is 5.04. The highest BCUT2D eigenvalue weighted by Crippen LogP contribution is 2.44. The average Bonchev–Trinajstić information content (AvgIpc) is 3.04.